The van der Waals surface area contributed by atoms with Crippen LogP contribution in [0.4, 0.5) is 4.39 Å². The van der Waals surface area contributed by atoms with Gasteiger partial charge in [-0.25, -0.2) is 17.5 Å². The van der Waals surface area contributed by atoms with Gasteiger partial charge in [0, 0.05) is 13.2 Å². The molecule has 104 valence electrons. The molecule has 0 aliphatic rings. The summed E-state index contributed by atoms with van der Waals surface area (Å²) in [6.07, 6.45) is -0.307. The molecule has 0 heterocycles. The molecule has 0 radical (unpaired) electrons. The molecule has 0 aliphatic heterocycles. The van der Waals surface area contributed by atoms with E-state index in [2.05, 4.69) is 4.72 Å². The third-order valence-corrected chi connectivity index (χ3v) is 3.85. The number of halogens is 1. The Morgan fingerprint density at radius 3 is 2.79 bits per heavy atom. The first-order valence-electron chi connectivity index (χ1n) is 5.72. The van der Waals surface area contributed by atoms with Crippen molar-refractivity contribution in [3.63, 3.8) is 0 Å². The second-order valence-corrected chi connectivity index (χ2v) is 5.58. The number of sulfonamides is 1. The Bertz CT molecular complexity index is 581. The van der Waals surface area contributed by atoms with E-state index in [1.807, 2.05) is 0 Å². The highest BCUT2D eigenvalue weighted by Gasteiger charge is 2.21. The Kier molecular flexibility index (Phi) is 5.42. The average Bonchev–Trinajstić information content (AvgIpc) is 2.36. The zero-order valence-corrected chi connectivity index (χ0v) is 11.5. The second-order valence-electron chi connectivity index (χ2n) is 3.84. The number of nitrogens with one attached hydrogen (secondary N) is 1. The maximum atomic E-state index is 13.4. The fourth-order valence-corrected chi connectivity index (χ4v) is 2.76. The Morgan fingerprint density at radius 2 is 2.21 bits per heavy atom. The van der Waals surface area contributed by atoms with E-state index >= 15 is 0 Å². The first-order valence-corrected chi connectivity index (χ1v) is 7.20. The van der Waals surface area contributed by atoms with Crippen LogP contribution in [0.5, 0.6) is 0 Å². The summed E-state index contributed by atoms with van der Waals surface area (Å²) < 4.78 is 44.8. The molecule has 1 aromatic rings. The highest BCUT2D eigenvalue weighted by Crippen LogP contribution is 2.17. The van der Waals surface area contributed by atoms with Gasteiger partial charge in [-0.1, -0.05) is 6.07 Å². The molecule has 0 aromatic heterocycles. The number of hydrogen-bond acceptors (Lipinski definition) is 4. The molecule has 1 atom stereocenters. The Balaban J connectivity index is 2.96. The summed E-state index contributed by atoms with van der Waals surface area (Å²) in [5.74, 6) is -0.858. The van der Waals surface area contributed by atoms with Gasteiger partial charge in [-0.2, -0.15) is 5.26 Å². The molecule has 1 aromatic carbocycles. The molecule has 19 heavy (non-hydrogen) atoms. The molecule has 0 aliphatic carbocycles. The van der Waals surface area contributed by atoms with Crippen LogP contribution in [0.1, 0.15) is 19.4 Å². The molecule has 0 bridgehead atoms. The van der Waals surface area contributed by atoms with E-state index in [9.17, 15) is 12.8 Å². The van der Waals surface area contributed by atoms with Gasteiger partial charge in [0.1, 0.15) is 22.3 Å². The van der Waals surface area contributed by atoms with Crippen molar-refractivity contribution in [2.24, 2.45) is 0 Å². The van der Waals surface area contributed by atoms with E-state index in [1.54, 1.807) is 19.9 Å². The number of benzene rings is 1. The molecule has 0 spiro atoms. The predicted molar refractivity (Wildman–Crippen MR) is 67.4 cm³/mol. The highest BCUT2D eigenvalue weighted by atomic mass is 32.2. The Labute approximate surface area is 112 Å². The van der Waals surface area contributed by atoms with Gasteiger partial charge < -0.3 is 4.74 Å². The standard InChI is InChI=1S/C12H15FN2O3S/c1-3-18-9(2)8-15-19(16,17)12-6-4-5-11(13)10(12)7-14/h4-6,9,15H,3,8H2,1-2H3. The van der Waals surface area contributed by atoms with Crippen molar-refractivity contribution in [3.8, 4) is 6.07 Å². The van der Waals surface area contributed by atoms with E-state index in [0.29, 0.717) is 6.61 Å². The molecule has 0 saturated heterocycles. The minimum atomic E-state index is -3.93. The van der Waals surface area contributed by atoms with Crippen molar-refractivity contribution < 1.29 is 17.5 Å². The van der Waals surface area contributed by atoms with Crippen LogP contribution in [0.25, 0.3) is 0 Å². The first kappa shape index (κ1) is 15.6. The van der Waals surface area contributed by atoms with Crippen molar-refractivity contribution in [1.82, 2.24) is 4.72 Å². The summed E-state index contributed by atoms with van der Waals surface area (Å²) in [5.41, 5.74) is -0.487. The quantitative estimate of drug-likeness (QED) is 0.857. The summed E-state index contributed by atoms with van der Waals surface area (Å²) in [6, 6.07) is 5.04. The molecule has 5 nitrogen and oxygen atoms in total. The number of rotatable bonds is 6. The van der Waals surface area contributed by atoms with Crippen LogP contribution in [0.2, 0.25) is 0 Å². The smallest absolute Gasteiger partial charge is 0.242 e. The minimum absolute atomic E-state index is 0.0531. The molecule has 0 saturated carbocycles. The van der Waals surface area contributed by atoms with E-state index < -0.39 is 21.4 Å². The summed E-state index contributed by atoms with van der Waals surface area (Å²) in [6.45, 7) is 4.03. The van der Waals surface area contributed by atoms with E-state index in [0.717, 1.165) is 6.07 Å². The first-order chi connectivity index (χ1) is 8.92. The van der Waals surface area contributed by atoms with Crippen LogP contribution >= 0.6 is 0 Å². The van der Waals surface area contributed by atoms with Crippen molar-refractivity contribution in [2.75, 3.05) is 13.2 Å². The second kappa shape index (κ2) is 6.61. The molecule has 0 amide bonds. The lowest BCUT2D eigenvalue weighted by Crippen LogP contribution is -2.32. The van der Waals surface area contributed by atoms with E-state index in [4.69, 9.17) is 10.00 Å². The number of hydrogen-bond donors (Lipinski definition) is 1. The summed E-state index contributed by atoms with van der Waals surface area (Å²) >= 11 is 0. The summed E-state index contributed by atoms with van der Waals surface area (Å²) in [5, 5.41) is 8.82. The Hall–Kier alpha value is -1.49. The van der Waals surface area contributed by atoms with Gasteiger partial charge in [-0.15, -0.1) is 0 Å². The molecule has 1 N–H and O–H groups in total. The van der Waals surface area contributed by atoms with Gasteiger partial charge in [0.2, 0.25) is 10.0 Å². The van der Waals surface area contributed by atoms with Crippen LogP contribution in [0, 0.1) is 17.1 Å². The molecule has 7 heteroatoms. The van der Waals surface area contributed by atoms with Gasteiger partial charge in [0.25, 0.3) is 0 Å². The maximum absolute atomic E-state index is 13.4. The number of nitrogens with zero attached hydrogens (tertiary/aromatic N) is 1. The maximum Gasteiger partial charge on any atom is 0.242 e. The van der Waals surface area contributed by atoms with Crippen molar-refractivity contribution in [1.29, 1.82) is 5.26 Å². The lowest BCUT2D eigenvalue weighted by Gasteiger charge is -2.13. The topological polar surface area (TPSA) is 79.2 Å². The Morgan fingerprint density at radius 1 is 1.53 bits per heavy atom. The zero-order valence-electron chi connectivity index (χ0n) is 10.7. The average molecular weight is 286 g/mol. The van der Waals surface area contributed by atoms with Gasteiger partial charge >= 0.3 is 0 Å². The van der Waals surface area contributed by atoms with E-state index in [1.165, 1.54) is 12.1 Å². The van der Waals surface area contributed by atoms with Crippen LogP contribution in [0.15, 0.2) is 23.1 Å². The van der Waals surface area contributed by atoms with Crippen LogP contribution in [-0.2, 0) is 14.8 Å². The van der Waals surface area contributed by atoms with E-state index in [-0.39, 0.29) is 17.5 Å². The van der Waals surface area contributed by atoms with Crippen molar-refractivity contribution in [2.45, 2.75) is 24.8 Å². The lowest BCUT2D eigenvalue weighted by atomic mass is 10.2. The van der Waals surface area contributed by atoms with Gasteiger partial charge in [-0.05, 0) is 26.0 Å². The fraction of sp³-hybridized carbons (Fsp3) is 0.417. The molecular weight excluding hydrogens is 271 g/mol. The SMILES string of the molecule is CCOC(C)CNS(=O)(=O)c1cccc(F)c1C#N. The lowest BCUT2D eigenvalue weighted by molar-refractivity contribution is 0.0799. The fourth-order valence-electron chi connectivity index (χ4n) is 1.49. The van der Waals surface area contributed by atoms with Gasteiger partial charge in [0.15, 0.2) is 0 Å². The number of nitriles is 1. The molecule has 1 rings (SSSR count). The highest BCUT2D eigenvalue weighted by molar-refractivity contribution is 7.89. The third kappa shape index (κ3) is 3.99. The normalized spacial score (nSPS) is 12.9. The van der Waals surface area contributed by atoms with Crippen molar-refractivity contribution >= 4 is 10.0 Å². The summed E-state index contributed by atoms with van der Waals surface area (Å²) in [4.78, 5) is -0.362. The largest absolute Gasteiger partial charge is 0.377 e. The predicted octanol–water partition coefficient (Wildman–Crippen LogP) is 1.40. The summed E-state index contributed by atoms with van der Waals surface area (Å²) in [7, 11) is -3.93. The molecular formula is C12H15FN2O3S. The zero-order chi connectivity index (χ0) is 14.5. The van der Waals surface area contributed by atoms with Crippen LogP contribution in [-0.4, -0.2) is 27.7 Å². The molecule has 0 fully saturated rings. The third-order valence-electron chi connectivity index (χ3n) is 2.39. The molecule has 1 unspecified atom stereocenters. The minimum Gasteiger partial charge on any atom is -0.377 e. The van der Waals surface area contributed by atoms with Gasteiger partial charge in [-0.3, -0.25) is 0 Å². The van der Waals surface area contributed by atoms with Gasteiger partial charge in [0.05, 0.1) is 6.10 Å². The van der Waals surface area contributed by atoms with Crippen LogP contribution < -0.4 is 4.72 Å². The van der Waals surface area contributed by atoms with Crippen LogP contribution in [0.3, 0.4) is 0 Å². The monoisotopic (exact) mass is 286 g/mol. The number of ether oxygens (including phenoxy) is 1. The van der Waals surface area contributed by atoms with Crippen molar-refractivity contribution in [3.05, 3.63) is 29.6 Å².